The summed E-state index contributed by atoms with van der Waals surface area (Å²) >= 11 is 1.28. The second kappa shape index (κ2) is 7.70. The Morgan fingerprint density at radius 1 is 1.29 bits per heavy atom. The van der Waals surface area contributed by atoms with Crippen molar-refractivity contribution in [3.8, 4) is 17.2 Å². The number of ether oxygens (including phenoxy) is 1. The van der Waals surface area contributed by atoms with E-state index in [2.05, 4.69) is 15.5 Å². The average molecular weight is 347 g/mol. The molecule has 128 valence electrons. The molecule has 1 aromatic heterocycles. The third kappa shape index (κ3) is 4.08. The molecule has 3 rings (SSSR count). The van der Waals surface area contributed by atoms with Gasteiger partial charge in [0.2, 0.25) is 11.8 Å². The minimum atomic E-state index is -0.269. The molecule has 1 aliphatic rings. The molecular weight excluding hydrogens is 326 g/mol. The Bertz CT molecular complexity index is 681. The van der Waals surface area contributed by atoms with E-state index in [9.17, 15) is 4.79 Å². The minimum Gasteiger partial charge on any atom is -0.497 e. The van der Waals surface area contributed by atoms with Gasteiger partial charge in [0.05, 0.1) is 12.4 Å². The van der Waals surface area contributed by atoms with Gasteiger partial charge in [-0.1, -0.05) is 24.6 Å². The summed E-state index contributed by atoms with van der Waals surface area (Å²) in [4.78, 5) is 12.2. The van der Waals surface area contributed by atoms with Crippen LogP contribution in [0.25, 0.3) is 11.5 Å². The zero-order valence-electron chi connectivity index (χ0n) is 13.8. The summed E-state index contributed by atoms with van der Waals surface area (Å²) in [5, 5.41) is 11.3. The first-order chi connectivity index (χ1) is 11.7. The zero-order valence-corrected chi connectivity index (χ0v) is 14.6. The van der Waals surface area contributed by atoms with Crippen LogP contribution >= 0.6 is 11.8 Å². The number of aromatic nitrogens is 2. The summed E-state index contributed by atoms with van der Waals surface area (Å²) in [6, 6.07) is 7.71. The number of hydrogen-bond acceptors (Lipinski definition) is 6. The fraction of sp³-hybridized carbons (Fsp3) is 0.471. The number of carbonyl (C=O) groups is 1. The number of nitrogens with zero attached hydrogens (tertiary/aromatic N) is 2. The molecule has 0 bridgehead atoms. The van der Waals surface area contributed by atoms with Crippen LogP contribution < -0.4 is 10.1 Å². The van der Waals surface area contributed by atoms with Crippen LogP contribution in [-0.2, 0) is 4.79 Å². The Morgan fingerprint density at radius 3 is 2.67 bits per heavy atom. The van der Waals surface area contributed by atoms with Crippen molar-refractivity contribution in [1.29, 1.82) is 0 Å². The summed E-state index contributed by atoms with van der Waals surface area (Å²) in [6.45, 7) is 1.85. The van der Waals surface area contributed by atoms with E-state index in [4.69, 9.17) is 9.15 Å². The van der Waals surface area contributed by atoms with E-state index in [-0.39, 0.29) is 11.2 Å². The molecule has 24 heavy (non-hydrogen) atoms. The van der Waals surface area contributed by atoms with Crippen molar-refractivity contribution in [2.75, 3.05) is 7.11 Å². The minimum absolute atomic E-state index is 0.0242. The molecule has 1 aliphatic carbocycles. The average Bonchev–Trinajstić information content (AvgIpc) is 3.27. The topological polar surface area (TPSA) is 77.2 Å². The standard InChI is InChI=1S/C17H21N3O3S/c1-11(15(21)18-13-5-3-4-6-13)24-17-20-19-16(23-17)12-7-9-14(22-2)10-8-12/h7-11,13H,3-6H2,1-2H3,(H,18,21)/t11-/m0/s1. The lowest BCUT2D eigenvalue weighted by Crippen LogP contribution is -2.37. The van der Waals surface area contributed by atoms with Crippen LogP contribution in [-0.4, -0.2) is 34.5 Å². The lowest BCUT2D eigenvalue weighted by Gasteiger charge is -2.14. The molecule has 7 heteroatoms. The highest BCUT2D eigenvalue weighted by Gasteiger charge is 2.23. The lowest BCUT2D eigenvalue weighted by molar-refractivity contribution is -0.120. The van der Waals surface area contributed by atoms with Crippen LogP contribution in [0, 0.1) is 0 Å². The van der Waals surface area contributed by atoms with Crippen molar-refractivity contribution < 1.29 is 13.9 Å². The molecule has 1 amide bonds. The molecular formula is C17H21N3O3S. The van der Waals surface area contributed by atoms with Gasteiger partial charge in [0.1, 0.15) is 5.75 Å². The number of amides is 1. The fourth-order valence-electron chi connectivity index (χ4n) is 2.70. The Balaban J connectivity index is 1.59. The normalized spacial score (nSPS) is 16.1. The fourth-order valence-corrected chi connectivity index (χ4v) is 3.39. The molecule has 6 nitrogen and oxygen atoms in total. The number of benzene rings is 1. The number of rotatable bonds is 6. The molecule has 0 saturated heterocycles. The van der Waals surface area contributed by atoms with Crippen LogP contribution in [0.2, 0.25) is 0 Å². The number of carbonyl (C=O) groups excluding carboxylic acids is 1. The largest absolute Gasteiger partial charge is 0.497 e. The Labute approximate surface area is 145 Å². The number of methoxy groups -OCH3 is 1. The van der Waals surface area contributed by atoms with E-state index >= 15 is 0 Å². The van der Waals surface area contributed by atoms with E-state index in [1.54, 1.807) is 7.11 Å². The molecule has 1 heterocycles. The van der Waals surface area contributed by atoms with Crippen molar-refractivity contribution in [3.63, 3.8) is 0 Å². The van der Waals surface area contributed by atoms with Gasteiger partial charge < -0.3 is 14.5 Å². The quantitative estimate of drug-likeness (QED) is 0.808. The highest BCUT2D eigenvalue weighted by molar-refractivity contribution is 8.00. The van der Waals surface area contributed by atoms with Crippen LogP contribution in [0.15, 0.2) is 33.9 Å². The molecule has 1 aromatic carbocycles. The number of thioether (sulfide) groups is 1. The van der Waals surface area contributed by atoms with Gasteiger partial charge in [-0.2, -0.15) is 0 Å². The van der Waals surface area contributed by atoms with E-state index in [0.717, 1.165) is 24.2 Å². The summed E-state index contributed by atoms with van der Waals surface area (Å²) in [6.07, 6.45) is 4.54. The third-order valence-corrected chi connectivity index (χ3v) is 5.03. The van der Waals surface area contributed by atoms with Crippen molar-refractivity contribution in [3.05, 3.63) is 24.3 Å². The molecule has 0 spiro atoms. The van der Waals surface area contributed by atoms with Crippen molar-refractivity contribution in [1.82, 2.24) is 15.5 Å². The van der Waals surface area contributed by atoms with E-state index in [0.29, 0.717) is 17.2 Å². The summed E-state index contributed by atoms with van der Waals surface area (Å²) < 4.78 is 10.8. The lowest BCUT2D eigenvalue weighted by atomic mass is 10.2. The van der Waals surface area contributed by atoms with Gasteiger partial charge >= 0.3 is 0 Å². The second-order valence-corrected chi connectivity index (χ2v) is 7.14. The molecule has 1 fully saturated rings. The van der Waals surface area contributed by atoms with E-state index in [1.165, 1.54) is 24.6 Å². The van der Waals surface area contributed by atoms with Gasteiger partial charge in [-0.3, -0.25) is 4.79 Å². The van der Waals surface area contributed by atoms with Gasteiger partial charge in [-0.25, -0.2) is 0 Å². The summed E-state index contributed by atoms with van der Waals surface area (Å²) in [5.41, 5.74) is 0.818. The molecule has 2 aromatic rings. The highest BCUT2D eigenvalue weighted by Crippen LogP contribution is 2.27. The molecule has 1 atom stereocenters. The third-order valence-electron chi connectivity index (χ3n) is 4.09. The van der Waals surface area contributed by atoms with Crippen LogP contribution in [0.5, 0.6) is 5.75 Å². The first-order valence-electron chi connectivity index (χ1n) is 8.10. The van der Waals surface area contributed by atoms with Crippen molar-refractivity contribution in [2.24, 2.45) is 0 Å². The molecule has 0 aliphatic heterocycles. The first-order valence-corrected chi connectivity index (χ1v) is 8.98. The van der Waals surface area contributed by atoms with Crippen LogP contribution in [0.4, 0.5) is 0 Å². The van der Waals surface area contributed by atoms with Gasteiger partial charge in [0.15, 0.2) is 0 Å². The van der Waals surface area contributed by atoms with Crippen molar-refractivity contribution in [2.45, 2.75) is 49.1 Å². The Hall–Kier alpha value is -2.02. The monoisotopic (exact) mass is 347 g/mol. The predicted octanol–water partition coefficient (Wildman–Crippen LogP) is 3.28. The van der Waals surface area contributed by atoms with E-state index < -0.39 is 0 Å². The maximum atomic E-state index is 12.2. The molecule has 1 N–H and O–H groups in total. The summed E-state index contributed by atoms with van der Waals surface area (Å²) in [7, 11) is 1.62. The Morgan fingerprint density at radius 2 is 2.00 bits per heavy atom. The number of nitrogens with one attached hydrogen (secondary N) is 1. The summed E-state index contributed by atoms with van der Waals surface area (Å²) in [5.74, 6) is 1.23. The maximum absolute atomic E-state index is 12.2. The van der Waals surface area contributed by atoms with Gasteiger partial charge in [0, 0.05) is 11.6 Å². The van der Waals surface area contributed by atoms with Crippen LogP contribution in [0.1, 0.15) is 32.6 Å². The maximum Gasteiger partial charge on any atom is 0.277 e. The van der Waals surface area contributed by atoms with E-state index in [1.807, 2.05) is 31.2 Å². The molecule has 1 saturated carbocycles. The first kappa shape index (κ1) is 16.8. The molecule has 0 unspecified atom stereocenters. The Kier molecular flexibility index (Phi) is 5.40. The predicted molar refractivity (Wildman–Crippen MR) is 92.0 cm³/mol. The smallest absolute Gasteiger partial charge is 0.277 e. The SMILES string of the molecule is COc1ccc(-c2nnc(S[C@@H](C)C(=O)NC3CCCC3)o2)cc1. The van der Waals surface area contributed by atoms with Gasteiger partial charge in [-0.05, 0) is 44.0 Å². The second-order valence-electron chi connectivity index (χ2n) is 5.85. The highest BCUT2D eigenvalue weighted by atomic mass is 32.2. The van der Waals surface area contributed by atoms with Crippen LogP contribution in [0.3, 0.4) is 0 Å². The molecule has 0 radical (unpaired) electrons. The number of hydrogen-bond donors (Lipinski definition) is 1. The van der Waals surface area contributed by atoms with Crippen molar-refractivity contribution >= 4 is 17.7 Å². The van der Waals surface area contributed by atoms with Gasteiger partial charge in [0.25, 0.3) is 5.22 Å². The zero-order chi connectivity index (χ0) is 16.9. The van der Waals surface area contributed by atoms with Gasteiger partial charge in [-0.15, -0.1) is 10.2 Å².